The Balaban J connectivity index is 2.09. The van der Waals surface area contributed by atoms with Gasteiger partial charge in [0.05, 0.1) is 5.69 Å². The van der Waals surface area contributed by atoms with Crippen LogP contribution < -0.4 is 9.64 Å². The van der Waals surface area contributed by atoms with E-state index in [1.807, 2.05) is 11.0 Å². The molecular formula is C17H23NO2. The minimum atomic E-state index is -0.577. The highest BCUT2D eigenvalue weighted by atomic mass is 16.5. The fourth-order valence-corrected chi connectivity index (χ4v) is 3.08. The minimum Gasteiger partial charge on any atom is -0.475 e. The molecule has 3 rings (SSSR count). The highest BCUT2D eigenvalue weighted by molar-refractivity contribution is 6.03. The zero-order valence-corrected chi connectivity index (χ0v) is 12.8. The first-order valence-corrected chi connectivity index (χ1v) is 7.61. The zero-order valence-electron chi connectivity index (χ0n) is 12.8. The summed E-state index contributed by atoms with van der Waals surface area (Å²) in [4.78, 5) is 14.7. The molecule has 1 aliphatic heterocycles. The lowest BCUT2D eigenvalue weighted by Crippen LogP contribution is -2.61. The van der Waals surface area contributed by atoms with E-state index in [2.05, 4.69) is 39.8 Å². The van der Waals surface area contributed by atoms with Gasteiger partial charge in [0.25, 0.3) is 5.91 Å². The molecular weight excluding hydrogens is 250 g/mol. The number of carbonyl (C=O) groups is 1. The lowest BCUT2D eigenvalue weighted by molar-refractivity contribution is -0.143. The molecule has 1 heterocycles. The Morgan fingerprint density at radius 1 is 1.20 bits per heavy atom. The van der Waals surface area contributed by atoms with Crippen molar-refractivity contribution in [2.75, 3.05) is 4.90 Å². The Kier molecular flexibility index (Phi) is 3.03. The van der Waals surface area contributed by atoms with Gasteiger partial charge in [0.15, 0.2) is 5.60 Å². The molecule has 20 heavy (non-hydrogen) atoms. The molecule has 1 amide bonds. The molecule has 0 aromatic heterocycles. The molecule has 1 spiro atoms. The monoisotopic (exact) mass is 273 g/mol. The average Bonchev–Trinajstić information content (AvgIpc) is 2.34. The molecule has 1 aromatic carbocycles. The van der Waals surface area contributed by atoms with Crippen LogP contribution in [0.3, 0.4) is 0 Å². The third kappa shape index (κ3) is 1.83. The van der Waals surface area contributed by atoms with Crippen LogP contribution >= 0.6 is 0 Å². The number of carbonyl (C=O) groups excluding carboxylic acids is 1. The van der Waals surface area contributed by atoms with Crippen molar-refractivity contribution < 1.29 is 9.53 Å². The van der Waals surface area contributed by atoms with Gasteiger partial charge < -0.3 is 9.64 Å². The van der Waals surface area contributed by atoms with Gasteiger partial charge >= 0.3 is 0 Å². The second kappa shape index (κ2) is 4.51. The number of hydrogen-bond donors (Lipinski definition) is 0. The Morgan fingerprint density at radius 2 is 1.90 bits per heavy atom. The second-order valence-electron chi connectivity index (χ2n) is 6.60. The van der Waals surface area contributed by atoms with Crippen molar-refractivity contribution in [3.63, 3.8) is 0 Å². The number of hydrogen-bond acceptors (Lipinski definition) is 2. The van der Waals surface area contributed by atoms with Gasteiger partial charge in [0, 0.05) is 6.04 Å². The average molecular weight is 273 g/mol. The molecule has 0 unspecified atom stereocenters. The van der Waals surface area contributed by atoms with E-state index in [9.17, 15) is 4.79 Å². The van der Waals surface area contributed by atoms with E-state index < -0.39 is 5.60 Å². The topological polar surface area (TPSA) is 29.5 Å². The summed E-state index contributed by atoms with van der Waals surface area (Å²) in [6.07, 6.45) is 2.78. The van der Waals surface area contributed by atoms with Crippen LogP contribution in [0.4, 0.5) is 5.69 Å². The van der Waals surface area contributed by atoms with Crippen LogP contribution in [0.25, 0.3) is 0 Å². The van der Waals surface area contributed by atoms with E-state index in [4.69, 9.17) is 4.74 Å². The number of fused-ring (bicyclic) bond motifs is 1. The maximum absolute atomic E-state index is 12.8. The van der Waals surface area contributed by atoms with Crippen molar-refractivity contribution in [2.24, 2.45) is 0 Å². The van der Waals surface area contributed by atoms with Crippen molar-refractivity contribution in [1.29, 1.82) is 0 Å². The highest BCUT2D eigenvalue weighted by Gasteiger charge is 2.53. The number of nitrogens with zero attached hydrogens (tertiary/aromatic N) is 1. The van der Waals surface area contributed by atoms with Crippen LogP contribution in [0.5, 0.6) is 5.75 Å². The SMILES string of the molecule is CC(C)c1ccc2c(c1)OC1(CCC1)C(=O)N2C(C)C. The normalized spacial score (nSPS) is 20.1. The van der Waals surface area contributed by atoms with Crippen LogP contribution in [0.2, 0.25) is 0 Å². The summed E-state index contributed by atoms with van der Waals surface area (Å²) in [7, 11) is 0. The Bertz CT molecular complexity index is 544. The van der Waals surface area contributed by atoms with Gasteiger partial charge in [0.2, 0.25) is 0 Å². The Morgan fingerprint density at radius 3 is 2.40 bits per heavy atom. The Hall–Kier alpha value is -1.51. The van der Waals surface area contributed by atoms with E-state index >= 15 is 0 Å². The minimum absolute atomic E-state index is 0.142. The van der Waals surface area contributed by atoms with Gasteiger partial charge in [-0.15, -0.1) is 0 Å². The third-order valence-electron chi connectivity index (χ3n) is 4.50. The van der Waals surface area contributed by atoms with Crippen LogP contribution in [-0.2, 0) is 4.79 Å². The summed E-state index contributed by atoms with van der Waals surface area (Å²) >= 11 is 0. The van der Waals surface area contributed by atoms with E-state index in [0.29, 0.717) is 5.92 Å². The molecule has 0 radical (unpaired) electrons. The number of benzene rings is 1. The zero-order chi connectivity index (χ0) is 14.5. The molecule has 1 saturated carbocycles. The number of amides is 1. The lowest BCUT2D eigenvalue weighted by atomic mass is 9.77. The third-order valence-corrected chi connectivity index (χ3v) is 4.50. The molecule has 3 heteroatoms. The smallest absolute Gasteiger partial charge is 0.271 e. The van der Waals surface area contributed by atoms with Crippen molar-refractivity contribution in [3.8, 4) is 5.75 Å². The predicted octanol–water partition coefficient (Wildman–Crippen LogP) is 3.87. The van der Waals surface area contributed by atoms with Gasteiger partial charge in [-0.25, -0.2) is 0 Å². The van der Waals surface area contributed by atoms with Crippen LogP contribution in [-0.4, -0.2) is 17.6 Å². The van der Waals surface area contributed by atoms with E-state index in [1.54, 1.807) is 0 Å². The molecule has 0 bridgehead atoms. The molecule has 1 aromatic rings. The molecule has 0 atom stereocenters. The summed E-state index contributed by atoms with van der Waals surface area (Å²) < 4.78 is 6.15. The predicted molar refractivity (Wildman–Crippen MR) is 80.4 cm³/mol. The molecule has 0 saturated heterocycles. The number of rotatable bonds is 2. The first kappa shape index (κ1) is 13.5. The molecule has 2 aliphatic rings. The van der Waals surface area contributed by atoms with Crippen LogP contribution in [0.15, 0.2) is 18.2 Å². The summed E-state index contributed by atoms with van der Waals surface area (Å²) in [5.41, 5.74) is 1.61. The molecule has 3 nitrogen and oxygen atoms in total. The Labute approximate surface area is 120 Å². The van der Waals surface area contributed by atoms with E-state index in [1.165, 1.54) is 5.56 Å². The summed E-state index contributed by atoms with van der Waals surface area (Å²) in [5, 5.41) is 0. The van der Waals surface area contributed by atoms with Gasteiger partial charge in [-0.3, -0.25) is 4.79 Å². The first-order valence-electron chi connectivity index (χ1n) is 7.61. The summed E-state index contributed by atoms with van der Waals surface area (Å²) in [6.45, 7) is 8.48. The molecule has 1 fully saturated rings. The van der Waals surface area contributed by atoms with Crippen molar-refractivity contribution in [1.82, 2.24) is 0 Å². The van der Waals surface area contributed by atoms with Crippen molar-refractivity contribution in [2.45, 2.75) is 64.5 Å². The lowest BCUT2D eigenvalue weighted by Gasteiger charge is -2.48. The number of ether oxygens (including phenoxy) is 1. The molecule has 1 aliphatic carbocycles. The largest absolute Gasteiger partial charge is 0.475 e. The van der Waals surface area contributed by atoms with E-state index in [-0.39, 0.29) is 11.9 Å². The van der Waals surface area contributed by atoms with Crippen LogP contribution in [0, 0.1) is 0 Å². The van der Waals surface area contributed by atoms with Gasteiger partial charge in [-0.05, 0) is 56.7 Å². The summed E-state index contributed by atoms with van der Waals surface area (Å²) in [6, 6.07) is 6.41. The fraction of sp³-hybridized carbons (Fsp3) is 0.588. The van der Waals surface area contributed by atoms with Gasteiger partial charge in [0.1, 0.15) is 5.75 Å². The van der Waals surface area contributed by atoms with Gasteiger partial charge in [-0.2, -0.15) is 0 Å². The summed E-state index contributed by atoms with van der Waals surface area (Å²) in [5.74, 6) is 1.49. The fourth-order valence-electron chi connectivity index (χ4n) is 3.08. The number of anilines is 1. The van der Waals surface area contributed by atoms with Crippen molar-refractivity contribution >= 4 is 11.6 Å². The van der Waals surface area contributed by atoms with Crippen molar-refractivity contribution in [3.05, 3.63) is 23.8 Å². The second-order valence-corrected chi connectivity index (χ2v) is 6.60. The molecule has 108 valence electrons. The van der Waals surface area contributed by atoms with Crippen LogP contribution in [0.1, 0.15) is 58.4 Å². The highest BCUT2D eigenvalue weighted by Crippen LogP contribution is 2.47. The van der Waals surface area contributed by atoms with E-state index in [0.717, 1.165) is 30.7 Å². The quantitative estimate of drug-likeness (QED) is 0.818. The van der Waals surface area contributed by atoms with Gasteiger partial charge in [-0.1, -0.05) is 19.9 Å². The molecule has 0 N–H and O–H groups in total. The first-order chi connectivity index (χ1) is 9.44. The maximum Gasteiger partial charge on any atom is 0.271 e. The maximum atomic E-state index is 12.8. The standard InChI is InChI=1S/C17H23NO2/c1-11(2)13-6-7-14-15(10-13)20-17(8-5-9-17)16(19)18(14)12(3)4/h6-7,10-12H,5,8-9H2,1-4H3.